The van der Waals surface area contributed by atoms with Gasteiger partial charge in [0, 0.05) is 32.7 Å². The summed E-state index contributed by atoms with van der Waals surface area (Å²) in [6, 6.07) is 10.1. The van der Waals surface area contributed by atoms with Crippen LogP contribution in [0.5, 0.6) is 0 Å². The highest BCUT2D eigenvalue weighted by Crippen LogP contribution is 2.26. The van der Waals surface area contributed by atoms with Crippen molar-refractivity contribution in [2.24, 2.45) is 0 Å². The first-order valence-corrected chi connectivity index (χ1v) is 11.8. The summed E-state index contributed by atoms with van der Waals surface area (Å²) in [5, 5.41) is 3.76. The third kappa shape index (κ3) is 4.01. The number of nitrogens with zero attached hydrogens (tertiary/aromatic N) is 4. The normalized spacial score (nSPS) is 21.3. The van der Waals surface area contributed by atoms with Crippen LogP contribution in [0.4, 0.5) is 0 Å². The molecule has 9 heteroatoms. The molecular weight excluding hydrogens is 404 g/mol. The summed E-state index contributed by atoms with van der Waals surface area (Å²) in [6.07, 6.45) is 1.85. The predicted octanol–water partition coefficient (Wildman–Crippen LogP) is 1.79. The molecule has 2 aliphatic rings. The van der Waals surface area contributed by atoms with Gasteiger partial charge in [0.1, 0.15) is 10.6 Å². The zero-order valence-electron chi connectivity index (χ0n) is 17.5. The topological polar surface area (TPSA) is 87.0 Å². The van der Waals surface area contributed by atoms with E-state index in [4.69, 9.17) is 4.52 Å². The van der Waals surface area contributed by atoms with E-state index < -0.39 is 10.0 Å². The molecule has 1 aromatic carbocycles. The van der Waals surface area contributed by atoms with Crippen molar-refractivity contribution in [1.29, 1.82) is 0 Å². The lowest BCUT2D eigenvalue weighted by Gasteiger charge is -2.36. The molecule has 1 aromatic heterocycles. The van der Waals surface area contributed by atoms with E-state index in [1.54, 1.807) is 13.8 Å². The third-order valence-electron chi connectivity index (χ3n) is 5.99. The van der Waals surface area contributed by atoms with E-state index in [1.807, 2.05) is 23.1 Å². The number of sulfonamides is 1. The summed E-state index contributed by atoms with van der Waals surface area (Å²) < 4.78 is 32.4. The maximum absolute atomic E-state index is 13.2. The van der Waals surface area contributed by atoms with Crippen molar-refractivity contribution in [2.45, 2.75) is 44.2 Å². The number of carbonyl (C=O) groups is 1. The van der Waals surface area contributed by atoms with Gasteiger partial charge in [-0.25, -0.2) is 8.42 Å². The number of hydrogen-bond donors (Lipinski definition) is 0. The highest BCUT2D eigenvalue weighted by molar-refractivity contribution is 7.89. The molecule has 2 aromatic rings. The zero-order chi connectivity index (χ0) is 21.3. The van der Waals surface area contributed by atoms with Crippen LogP contribution in [-0.2, 0) is 21.4 Å². The van der Waals surface area contributed by atoms with Crippen molar-refractivity contribution >= 4 is 15.9 Å². The Labute approximate surface area is 177 Å². The Morgan fingerprint density at radius 1 is 1.10 bits per heavy atom. The molecule has 162 valence electrons. The van der Waals surface area contributed by atoms with E-state index in [1.165, 1.54) is 9.87 Å². The predicted molar refractivity (Wildman–Crippen MR) is 111 cm³/mol. The molecule has 0 radical (unpaired) electrons. The molecule has 1 atom stereocenters. The minimum atomic E-state index is -3.67. The fraction of sp³-hybridized carbons (Fsp3) is 0.524. The Morgan fingerprint density at radius 3 is 2.43 bits per heavy atom. The lowest BCUT2D eigenvalue weighted by molar-refractivity contribution is -0.137. The number of aromatic nitrogens is 1. The van der Waals surface area contributed by atoms with Crippen LogP contribution >= 0.6 is 0 Å². The van der Waals surface area contributed by atoms with Gasteiger partial charge >= 0.3 is 0 Å². The lowest BCUT2D eigenvalue weighted by Crippen LogP contribution is -2.54. The second-order valence-corrected chi connectivity index (χ2v) is 9.87. The van der Waals surface area contributed by atoms with Gasteiger partial charge in [0.15, 0.2) is 5.76 Å². The summed E-state index contributed by atoms with van der Waals surface area (Å²) >= 11 is 0. The zero-order valence-corrected chi connectivity index (χ0v) is 18.3. The molecule has 1 unspecified atom stereocenters. The first-order valence-electron chi connectivity index (χ1n) is 10.4. The minimum absolute atomic E-state index is 0.109. The smallest absolute Gasteiger partial charge is 0.248 e. The van der Waals surface area contributed by atoms with Crippen LogP contribution in [0.1, 0.15) is 29.9 Å². The van der Waals surface area contributed by atoms with Crippen LogP contribution in [-0.4, -0.2) is 72.4 Å². The van der Waals surface area contributed by atoms with Crippen molar-refractivity contribution in [3.05, 3.63) is 47.3 Å². The van der Waals surface area contributed by atoms with Crippen LogP contribution in [0.3, 0.4) is 0 Å². The average Bonchev–Trinajstić information content (AvgIpc) is 3.34. The van der Waals surface area contributed by atoms with E-state index in [9.17, 15) is 13.2 Å². The third-order valence-corrected chi connectivity index (χ3v) is 8.14. The van der Waals surface area contributed by atoms with Gasteiger partial charge in [-0.15, -0.1) is 0 Å². The number of rotatable bonds is 5. The van der Waals surface area contributed by atoms with Crippen molar-refractivity contribution in [1.82, 2.24) is 19.3 Å². The van der Waals surface area contributed by atoms with Gasteiger partial charge in [-0.1, -0.05) is 35.5 Å². The Hall–Kier alpha value is -2.23. The highest BCUT2D eigenvalue weighted by Gasteiger charge is 2.38. The fourth-order valence-electron chi connectivity index (χ4n) is 4.44. The average molecular weight is 433 g/mol. The molecule has 0 N–H and O–H groups in total. The second kappa shape index (κ2) is 8.49. The molecule has 2 fully saturated rings. The molecule has 0 bridgehead atoms. The van der Waals surface area contributed by atoms with Crippen LogP contribution in [0.25, 0.3) is 0 Å². The van der Waals surface area contributed by atoms with E-state index in [-0.39, 0.29) is 29.9 Å². The van der Waals surface area contributed by atoms with Crippen LogP contribution < -0.4 is 0 Å². The number of amides is 1. The SMILES string of the molecule is Cc1noc(C)c1S(=O)(=O)N1CCN(C(=O)C2CCCN2Cc2ccccc2)CC1. The second-order valence-electron chi connectivity index (χ2n) is 8.00. The molecule has 0 saturated carbocycles. The number of aryl methyl sites for hydroxylation is 2. The summed E-state index contributed by atoms with van der Waals surface area (Å²) in [6.45, 7) is 6.27. The summed E-state index contributed by atoms with van der Waals surface area (Å²) in [5.41, 5.74) is 1.57. The van der Waals surface area contributed by atoms with Crippen molar-refractivity contribution in [2.75, 3.05) is 32.7 Å². The molecule has 30 heavy (non-hydrogen) atoms. The Bertz CT molecular complexity index is 978. The number of likely N-dealkylation sites (tertiary alicyclic amines) is 1. The molecule has 0 spiro atoms. The number of hydrogen-bond acceptors (Lipinski definition) is 6. The molecule has 3 heterocycles. The van der Waals surface area contributed by atoms with Gasteiger partial charge in [0.05, 0.1) is 6.04 Å². The Morgan fingerprint density at radius 2 is 1.80 bits per heavy atom. The molecule has 2 saturated heterocycles. The first kappa shape index (κ1) is 21.0. The molecular formula is C21H28N4O4S. The molecule has 2 aliphatic heterocycles. The van der Waals surface area contributed by atoms with Crippen molar-refractivity contribution in [3.8, 4) is 0 Å². The van der Waals surface area contributed by atoms with Gasteiger partial charge < -0.3 is 9.42 Å². The maximum atomic E-state index is 13.2. The van der Waals surface area contributed by atoms with E-state index >= 15 is 0 Å². The largest absolute Gasteiger partial charge is 0.360 e. The van der Waals surface area contributed by atoms with Crippen molar-refractivity contribution < 1.29 is 17.7 Å². The van der Waals surface area contributed by atoms with Gasteiger partial charge in [0.2, 0.25) is 15.9 Å². The van der Waals surface area contributed by atoms with E-state index in [2.05, 4.69) is 22.2 Å². The van der Waals surface area contributed by atoms with Crippen LogP contribution in [0.15, 0.2) is 39.8 Å². The Balaban J connectivity index is 1.39. The summed E-state index contributed by atoms with van der Waals surface area (Å²) in [7, 11) is -3.67. The standard InChI is InChI=1S/C21H28N4O4S/c1-16-20(17(2)29-22-16)30(27,28)25-13-11-23(12-14-25)21(26)19-9-6-10-24(19)15-18-7-4-3-5-8-18/h3-5,7-8,19H,6,9-15H2,1-2H3. The van der Waals surface area contributed by atoms with Gasteiger partial charge in [-0.3, -0.25) is 9.69 Å². The Kier molecular flexibility index (Phi) is 5.95. The molecule has 0 aliphatic carbocycles. The minimum Gasteiger partial charge on any atom is -0.360 e. The van der Waals surface area contributed by atoms with Gasteiger partial charge in [0.25, 0.3) is 0 Å². The molecule has 1 amide bonds. The van der Waals surface area contributed by atoms with E-state index in [0.717, 1.165) is 25.9 Å². The first-order chi connectivity index (χ1) is 14.4. The van der Waals surface area contributed by atoms with Gasteiger partial charge in [-0.05, 0) is 38.8 Å². The van der Waals surface area contributed by atoms with Crippen LogP contribution in [0.2, 0.25) is 0 Å². The molecule has 4 rings (SSSR count). The highest BCUT2D eigenvalue weighted by atomic mass is 32.2. The van der Waals surface area contributed by atoms with Crippen LogP contribution in [0, 0.1) is 13.8 Å². The summed E-state index contributed by atoms with van der Waals surface area (Å²) in [4.78, 5) is 17.4. The number of benzene rings is 1. The van der Waals surface area contributed by atoms with Crippen molar-refractivity contribution in [3.63, 3.8) is 0 Å². The maximum Gasteiger partial charge on any atom is 0.248 e. The lowest BCUT2D eigenvalue weighted by atomic mass is 10.1. The summed E-state index contributed by atoms with van der Waals surface area (Å²) in [5.74, 6) is 0.409. The van der Waals surface area contributed by atoms with E-state index in [0.29, 0.717) is 24.5 Å². The monoisotopic (exact) mass is 432 g/mol. The van der Waals surface area contributed by atoms with Gasteiger partial charge in [-0.2, -0.15) is 4.31 Å². The quantitative estimate of drug-likeness (QED) is 0.716. The number of piperazine rings is 1. The fourth-order valence-corrected chi connectivity index (χ4v) is 6.16. The number of carbonyl (C=O) groups excluding carboxylic acids is 1. The molecule has 8 nitrogen and oxygen atoms in total.